The lowest BCUT2D eigenvalue weighted by atomic mass is 9.79. The first-order valence-corrected chi connectivity index (χ1v) is 8.20. The SMILES string of the molecule is O=C1NC(=O)C2(CCN(C(=O)[C@@H]3CCC[C@H](C(F)(F)F)C3)CC2)N1. The highest BCUT2D eigenvalue weighted by Gasteiger charge is 2.49. The molecule has 1 aliphatic carbocycles. The van der Waals surface area contributed by atoms with Crippen LogP contribution in [0, 0.1) is 11.8 Å². The lowest BCUT2D eigenvalue weighted by Crippen LogP contribution is -2.56. The van der Waals surface area contributed by atoms with E-state index in [2.05, 4.69) is 10.6 Å². The highest BCUT2D eigenvalue weighted by molar-refractivity contribution is 6.07. The molecule has 3 rings (SSSR count). The van der Waals surface area contributed by atoms with Crippen molar-refractivity contribution in [3.63, 3.8) is 0 Å². The molecule has 3 aliphatic rings. The summed E-state index contributed by atoms with van der Waals surface area (Å²) in [5.41, 5.74) is -0.977. The van der Waals surface area contributed by atoms with Crippen molar-refractivity contribution in [2.75, 3.05) is 13.1 Å². The lowest BCUT2D eigenvalue weighted by Gasteiger charge is -2.39. The van der Waals surface area contributed by atoms with Crippen LogP contribution in [0.25, 0.3) is 0 Å². The number of imide groups is 1. The molecule has 9 heteroatoms. The number of halogens is 3. The summed E-state index contributed by atoms with van der Waals surface area (Å²) in [6.45, 7) is 0.527. The number of hydrogen-bond donors (Lipinski definition) is 2. The number of nitrogens with one attached hydrogen (secondary N) is 2. The summed E-state index contributed by atoms with van der Waals surface area (Å²) in [6.07, 6.45) is -2.88. The van der Waals surface area contributed by atoms with Gasteiger partial charge in [-0.2, -0.15) is 13.2 Å². The minimum Gasteiger partial charge on any atom is -0.342 e. The molecule has 0 bridgehead atoms. The Hall–Kier alpha value is -1.80. The summed E-state index contributed by atoms with van der Waals surface area (Å²) in [5, 5.41) is 4.79. The van der Waals surface area contributed by atoms with Gasteiger partial charge in [0.15, 0.2) is 0 Å². The number of carbonyl (C=O) groups is 3. The Labute approximate surface area is 137 Å². The Bertz CT molecular complexity index is 556. The van der Waals surface area contributed by atoms with Gasteiger partial charge in [-0.05, 0) is 32.1 Å². The van der Waals surface area contributed by atoms with E-state index in [0.717, 1.165) is 0 Å². The summed E-state index contributed by atoms with van der Waals surface area (Å²) in [7, 11) is 0. The molecule has 2 aliphatic heterocycles. The fourth-order valence-electron chi connectivity index (χ4n) is 3.96. The molecule has 6 nitrogen and oxygen atoms in total. The maximum atomic E-state index is 12.9. The third-order valence-corrected chi connectivity index (χ3v) is 5.43. The van der Waals surface area contributed by atoms with Gasteiger partial charge in [-0.25, -0.2) is 4.79 Å². The van der Waals surface area contributed by atoms with E-state index in [0.29, 0.717) is 12.8 Å². The zero-order valence-electron chi connectivity index (χ0n) is 13.1. The molecule has 1 spiro atoms. The number of carbonyl (C=O) groups excluding carboxylic acids is 3. The van der Waals surface area contributed by atoms with Gasteiger partial charge in [0.05, 0.1) is 5.92 Å². The van der Waals surface area contributed by atoms with Crippen LogP contribution < -0.4 is 10.6 Å². The lowest BCUT2D eigenvalue weighted by molar-refractivity contribution is -0.187. The Morgan fingerprint density at radius 2 is 1.83 bits per heavy atom. The quantitative estimate of drug-likeness (QED) is 0.707. The number of likely N-dealkylation sites (tertiary alicyclic amines) is 1. The molecule has 0 unspecified atom stereocenters. The number of amides is 4. The number of piperidine rings is 1. The van der Waals surface area contributed by atoms with Crippen molar-refractivity contribution in [1.29, 1.82) is 0 Å². The Balaban J connectivity index is 1.59. The van der Waals surface area contributed by atoms with Crippen LogP contribution in [-0.2, 0) is 9.59 Å². The smallest absolute Gasteiger partial charge is 0.342 e. The van der Waals surface area contributed by atoms with Crippen LogP contribution in [0.1, 0.15) is 38.5 Å². The highest BCUT2D eigenvalue weighted by Crippen LogP contribution is 2.40. The minimum atomic E-state index is -4.25. The topological polar surface area (TPSA) is 78.5 Å². The number of rotatable bonds is 1. The van der Waals surface area contributed by atoms with E-state index in [1.54, 1.807) is 0 Å². The molecule has 4 amide bonds. The van der Waals surface area contributed by atoms with E-state index in [1.165, 1.54) is 4.90 Å². The molecule has 2 atom stereocenters. The number of alkyl halides is 3. The fraction of sp³-hybridized carbons (Fsp3) is 0.800. The van der Waals surface area contributed by atoms with Crippen molar-refractivity contribution in [3.05, 3.63) is 0 Å². The third kappa shape index (κ3) is 3.08. The first kappa shape index (κ1) is 17.0. The average Bonchev–Trinajstić information content (AvgIpc) is 2.80. The maximum Gasteiger partial charge on any atom is 0.391 e. The van der Waals surface area contributed by atoms with Gasteiger partial charge in [-0.1, -0.05) is 6.42 Å². The van der Waals surface area contributed by atoms with E-state index < -0.39 is 35.5 Å². The van der Waals surface area contributed by atoms with Crippen molar-refractivity contribution in [1.82, 2.24) is 15.5 Å². The first-order valence-electron chi connectivity index (χ1n) is 8.20. The molecule has 134 valence electrons. The zero-order chi connectivity index (χ0) is 17.5. The summed E-state index contributed by atoms with van der Waals surface area (Å²) in [6, 6.07) is -0.542. The van der Waals surface area contributed by atoms with Crippen molar-refractivity contribution < 1.29 is 27.6 Å². The second-order valence-electron chi connectivity index (χ2n) is 6.92. The minimum absolute atomic E-state index is 0.0859. The largest absolute Gasteiger partial charge is 0.391 e. The molecule has 0 aromatic carbocycles. The summed E-state index contributed by atoms with van der Waals surface area (Å²) < 4.78 is 38.7. The van der Waals surface area contributed by atoms with Gasteiger partial charge < -0.3 is 10.2 Å². The van der Waals surface area contributed by atoms with Gasteiger partial charge in [-0.3, -0.25) is 14.9 Å². The normalized spacial score (nSPS) is 30.2. The second kappa shape index (κ2) is 5.93. The molecular formula is C15H20F3N3O3. The highest BCUT2D eigenvalue weighted by atomic mass is 19.4. The third-order valence-electron chi connectivity index (χ3n) is 5.43. The Morgan fingerprint density at radius 1 is 1.17 bits per heavy atom. The zero-order valence-corrected chi connectivity index (χ0v) is 13.1. The maximum absolute atomic E-state index is 12.9. The van der Waals surface area contributed by atoms with Crippen LogP contribution >= 0.6 is 0 Å². The van der Waals surface area contributed by atoms with Crippen LogP contribution in [0.2, 0.25) is 0 Å². The molecule has 0 aromatic heterocycles. The van der Waals surface area contributed by atoms with E-state index in [1.807, 2.05) is 0 Å². The molecule has 3 fully saturated rings. The van der Waals surface area contributed by atoms with E-state index in [-0.39, 0.29) is 44.7 Å². The van der Waals surface area contributed by atoms with Crippen LogP contribution in [0.3, 0.4) is 0 Å². The van der Waals surface area contributed by atoms with Crippen LogP contribution in [0.15, 0.2) is 0 Å². The van der Waals surface area contributed by atoms with Gasteiger partial charge in [0.1, 0.15) is 5.54 Å². The molecule has 0 radical (unpaired) electrons. The number of hydrogen-bond acceptors (Lipinski definition) is 3. The van der Waals surface area contributed by atoms with E-state index in [4.69, 9.17) is 0 Å². The van der Waals surface area contributed by atoms with Gasteiger partial charge in [0, 0.05) is 19.0 Å². The van der Waals surface area contributed by atoms with Crippen LogP contribution in [0.4, 0.5) is 18.0 Å². The first-order chi connectivity index (χ1) is 11.2. The summed E-state index contributed by atoms with van der Waals surface area (Å²) in [5.74, 6) is -2.67. The average molecular weight is 347 g/mol. The second-order valence-corrected chi connectivity index (χ2v) is 6.92. The molecule has 24 heavy (non-hydrogen) atoms. The molecule has 2 heterocycles. The summed E-state index contributed by atoms with van der Waals surface area (Å²) in [4.78, 5) is 37.2. The van der Waals surface area contributed by atoms with Gasteiger partial charge in [-0.15, -0.1) is 0 Å². The van der Waals surface area contributed by atoms with Crippen molar-refractivity contribution in [2.24, 2.45) is 11.8 Å². The molecule has 0 aromatic rings. The van der Waals surface area contributed by atoms with Crippen LogP contribution in [0.5, 0.6) is 0 Å². The van der Waals surface area contributed by atoms with Crippen LogP contribution in [-0.4, -0.2) is 47.6 Å². The van der Waals surface area contributed by atoms with Crippen molar-refractivity contribution >= 4 is 17.8 Å². The summed E-state index contributed by atoms with van der Waals surface area (Å²) >= 11 is 0. The van der Waals surface area contributed by atoms with Gasteiger partial charge in [0.25, 0.3) is 5.91 Å². The van der Waals surface area contributed by atoms with E-state index >= 15 is 0 Å². The Kier molecular flexibility index (Phi) is 4.21. The van der Waals surface area contributed by atoms with Gasteiger partial charge >= 0.3 is 12.2 Å². The standard InChI is InChI=1S/C15H20F3N3O3/c16-15(17,18)10-3-1-2-9(8-10)11(22)21-6-4-14(5-7-21)12(23)19-13(24)20-14/h9-10H,1-8H2,(H2,19,20,23,24)/t9-,10+/m1/s1. The predicted octanol–water partition coefficient (Wildman–Crippen LogP) is 1.56. The molecule has 2 saturated heterocycles. The molecule has 1 saturated carbocycles. The van der Waals surface area contributed by atoms with Crippen molar-refractivity contribution in [3.8, 4) is 0 Å². The Morgan fingerprint density at radius 3 is 2.38 bits per heavy atom. The predicted molar refractivity (Wildman–Crippen MR) is 76.7 cm³/mol. The fourth-order valence-corrected chi connectivity index (χ4v) is 3.96. The van der Waals surface area contributed by atoms with Crippen molar-refractivity contribution in [2.45, 2.75) is 50.2 Å². The van der Waals surface area contributed by atoms with Gasteiger partial charge in [0.2, 0.25) is 5.91 Å². The monoisotopic (exact) mass is 347 g/mol. The number of nitrogens with zero attached hydrogens (tertiary/aromatic N) is 1. The number of urea groups is 1. The molecule has 2 N–H and O–H groups in total. The molecular weight excluding hydrogens is 327 g/mol. The van der Waals surface area contributed by atoms with E-state index in [9.17, 15) is 27.6 Å².